The van der Waals surface area contributed by atoms with E-state index in [0.717, 1.165) is 46.6 Å². The monoisotopic (exact) mass is 567 g/mol. The lowest BCUT2D eigenvalue weighted by atomic mass is 9.84. The lowest BCUT2D eigenvalue weighted by molar-refractivity contribution is -0.129. The predicted molar refractivity (Wildman–Crippen MR) is 162 cm³/mol. The molecule has 2 aromatic rings. The van der Waals surface area contributed by atoms with Crippen LogP contribution in [0.25, 0.3) is 0 Å². The summed E-state index contributed by atoms with van der Waals surface area (Å²) >= 11 is 1.64. The van der Waals surface area contributed by atoms with Crippen LogP contribution in [0.5, 0.6) is 5.75 Å². The summed E-state index contributed by atoms with van der Waals surface area (Å²) in [4.78, 5) is 41.3. The number of nitrogens with zero attached hydrogens (tertiary/aromatic N) is 1. The Labute approximate surface area is 244 Å². The van der Waals surface area contributed by atoms with Gasteiger partial charge in [0.05, 0.1) is 6.61 Å². The Morgan fingerprint density at radius 2 is 1.68 bits per heavy atom. The summed E-state index contributed by atoms with van der Waals surface area (Å²) in [7, 11) is 0. The van der Waals surface area contributed by atoms with Crippen molar-refractivity contribution >= 4 is 29.4 Å². The first-order valence-corrected chi connectivity index (χ1v) is 15.4. The molecule has 2 unspecified atom stereocenters. The Kier molecular flexibility index (Phi) is 10.9. The zero-order valence-corrected chi connectivity index (χ0v) is 26.2. The van der Waals surface area contributed by atoms with Crippen LogP contribution in [0.1, 0.15) is 74.5 Å². The summed E-state index contributed by atoms with van der Waals surface area (Å²) in [6.07, 6.45) is 4.04. The molecule has 6 nitrogen and oxygen atoms in total. The van der Waals surface area contributed by atoms with Gasteiger partial charge in [-0.25, -0.2) is 4.79 Å². The molecule has 2 atom stereocenters. The van der Waals surface area contributed by atoms with Crippen LogP contribution in [0.15, 0.2) is 41.3 Å². The van der Waals surface area contributed by atoms with Crippen LogP contribution in [-0.2, 0) is 16.0 Å². The normalized spacial score (nSPS) is 17.3. The number of hydrogen-bond acceptors (Lipinski definition) is 6. The lowest BCUT2D eigenvalue weighted by Gasteiger charge is -2.26. The Balaban J connectivity index is 1.77. The largest absolute Gasteiger partial charge is 0.480 e. The van der Waals surface area contributed by atoms with Crippen molar-refractivity contribution in [1.29, 1.82) is 0 Å². The second-order valence-electron chi connectivity index (χ2n) is 11.9. The maximum absolute atomic E-state index is 13.7. The van der Waals surface area contributed by atoms with Gasteiger partial charge in [-0.05, 0) is 101 Å². The van der Waals surface area contributed by atoms with E-state index in [1.54, 1.807) is 37.4 Å². The number of likely N-dealkylation sites (tertiary alicyclic amines) is 1. The molecule has 1 heterocycles. The number of amides is 1. The molecule has 0 N–H and O–H groups in total. The summed E-state index contributed by atoms with van der Waals surface area (Å²) in [6, 6.07) is 11.9. The van der Waals surface area contributed by atoms with Gasteiger partial charge in [0, 0.05) is 29.5 Å². The summed E-state index contributed by atoms with van der Waals surface area (Å²) in [6.45, 7) is 14.6. The van der Waals surface area contributed by atoms with Crippen molar-refractivity contribution in [1.82, 2.24) is 4.90 Å². The zero-order chi connectivity index (χ0) is 29.6. The number of ether oxygens (including phenoxy) is 2. The van der Waals surface area contributed by atoms with E-state index in [1.165, 1.54) is 0 Å². The van der Waals surface area contributed by atoms with Crippen molar-refractivity contribution in [2.45, 2.75) is 78.2 Å². The summed E-state index contributed by atoms with van der Waals surface area (Å²) < 4.78 is 11.7. The van der Waals surface area contributed by atoms with Gasteiger partial charge in [-0.1, -0.05) is 38.1 Å². The Bertz CT molecular complexity index is 1180. The third-order valence-corrected chi connectivity index (χ3v) is 8.60. The molecule has 218 valence electrons. The van der Waals surface area contributed by atoms with Gasteiger partial charge < -0.3 is 14.4 Å². The number of aryl methyl sites for hydroxylation is 3. The molecular weight excluding hydrogens is 522 g/mol. The first-order valence-electron chi connectivity index (χ1n) is 14.2. The minimum atomic E-state index is -0.893. The molecular formula is C33H45NO5S. The van der Waals surface area contributed by atoms with E-state index in [-0.39, 0.29) is 29.5 Å². The highest BCUT2D eigenvalue weighted by molar-refractivity contribution is 7.98. The van der Waals surface area contributed by atoms with Gasteiger partial charge in [0.25, 0.3) is 0 Å². The zero-order valence-electron chi connectivity index (χ0n) is 25.3. The SMILES string of the molecule is CSc1ccc(C(=O)C2CN(C(=O)OCCC(C)C)CC2CCc2cc(C)c(OC(C)(C)C(C)=O)c(C)c2)cc1. The van der Waals surface area contributed by atoms with Gasteiger partial charge in [0.15, 0.2) is 17.2 Å². The molecule has 0 bridgehead atoms. The van der Waals surface area contributed by atoms with Gasteiger partial charge in [-0.15, -0.1) is 11.8 Å². The smallest absolute Gasteiger partial charge is 0.409 e. The van der Waals surface area contributed by atoms with E-state index < -0.39 is 5.60 Å². The molecule has 1 saturated heterocycles. The minimum absolute atomic E-state index is 0.0253. The molecule has 0 saturated carbocycles. The van der Waals surface area contributed by atoms with E-state index in [9.17, 15) is 14.4 Å². The van der Waals surface area contributed by atoms with Gasteiger partial charge in [0.2, 0.25) is 0 Å². The number of Topliss-reactive ketones (excluding diaryl/α,β-unsaturated/α-hetero) is 2. The van der Waals surface area contributed by atoms with Crippen LogP contribution in [-0.4, -0.2) is 54.1 Å². The minimum Gasteiger partial charge on any atom is -0.480 e. The quantitative estimate of drug-likeness (QED) is 0.198. The molecule has 3 rings (SSSR count). The van der Waals surface area contributed by atoms with Gasteiger partial charge in [-0.3, -0.25) is 9.59 Å². The molecule has 1 fully saturated rings. The Morgan fingerprint density at radius 1 is 1.05 bits per heavy atom. The maximum Gasteiger partial charge on any atom is 0.409 e. The average molecular weight is 568 g/mol. The Morgan fingerprint density at radius 3 is 2.23 bits per heavy atom. The molecule has 1 amide bonds. The molecule has 0 aliphatic carbocycles. The fourth-order valence-corrected chi connectivity index (χ4v) is 5.49. The highest BCUT2D eigenvalue weighted by atomic mass is 32.2. The molecule has 2 aromatic carbocycles. The average Bonchev–Trinajstić information content (AvgIpc) is 3.33. The number of benzene rings is 2. The van der Waals surface area contributed by atoms with Crippen molar-refractivity contribution in [2.24, 2.45) is 17.8 Å². The fraction of sp³-hybridized carbons (Fsp3) is 0.545. The van der Waals surface area contributed by atoms with Crippen molar-refractivity contribution < 1.29 is 23.9 Å². The third kappa shape index (κ3) is 8.12. The van der Waals surface area contributed by atoms with Crippen LogP contribution in [0.4, 0.5) is 4.79 Å². The molecule has 0 spiro atoms. The first-order chi connectivity index (χ1) is 18.8. The topological polar surface area (TPSA) is 72.9 Å². The number of carbonyl (C=O) groups excluding carboxylic acids is 3. The molecule has 1 aliphatic rings. The fourth-order valence-electron chi connectivity index (χ4n) is 5.08. The Hall–Kier alpha value is -2.80. The number of ketones is 2. The van der Waals surface area contributed by atoms with E-state index in [1.807, 2.05) is 44.4 Å². The van der Waals surface area contributed by atoms with E-state index in [4.69, 9.17) is 9.47 Å². The van der Waals surface area contributed by atoms with Crippen molar-refractivity contribution in [3.05, 3.63) is 58.7 Å². The molecule has 0 radical (unpaired) electrons. The maximum atomic E-state index is 13.7. The van der Waals surface area contributed by atoms with Gasteiger partial charge in [-0.2, -0.15) is 0 Å². The van der Waals surface area contributed by atoms with E-state index in [0.29, 0.717) is 31.2 Å². The summed E-state index contributed by atoms with van der Waals surface area (Å²) in [5.41, 5.74) is 2.90. The van der Waals surface area contributed by atoms with Gasteiger partial charge >= 0.3 is 6.09 Å². The molecule has 40 heavy (non-hydrogen) atoms. The highest BCUT2D eigenvalue weighted by Gasteiger charge is 2.40. The molecule has 0 aromatic heterocycles. The van der Waals surface area contributed by atoms with Crippen LogP contribution in [0, 0.1) is 31.6 Å². The number of thioether (sulfide) groups is 1. The number of hydrogen-bond donors (Lipinski definition) is 0. The van der Waals surface area contributed by atoms with E-state index >= 15 is 0 Å². The highest BCUT2D eigenvalue weighted by Crippen LogP contribution is 2.34. The van der Waals surface area contributed by atoms with Crippen LogP contribution in [0.3, 0.4) is 0 Å². The second kappa shape index (κ2) is 13.7. The van der Waals surface area contributed by atoms with Crippen LogP contribution < -0.4 is 4.74 Å². The third-order valence-electron chi connectivity index (χ3n) is 7.86. The van der Waals surface area contributed by atoms with Crippen LogP contribution >= 0.6 is 11.8 Å². The van der Waals surface area contributed by atoms with E-state index in [2.05, 4.69) is 26.0 Å². The van der Waals surface area contributed by atoms with Crippen LogP contribution in [0.2, 0.25) is 0 Å². The molecule has 7 heteroatoms. The number of rotatable bonds is 12. The van der Waals surface area contributed by atoms with Crippen molar-refractivity contribution in [3.63, 3.8) is 0 Å². The van der Waals surface area contributed by atoms with Crippen molar-refractivity contribution in [2.75, 3.05) is 26.0 Å². The second-order valence-corrected chi connectivity index (χ2v) is 12.8. The summed E-state index contributed by atoms with van der Waals surface area (Å²) in [5, 5.41) is 0. The summed E-state index contributed by atoms with van der Waals surface area (Å²) in [5.74, 6) is 0.995. The standard InChI is InChI=1S/C33H45NO5S/c1-21(2)15-16-38-32(37)34-19-27(29(20-34)30(36)26-11-13-28(40-8)14-12-26)10-9-25-17-22(3)31(23(4)18-25)39-33(6,7)24(5)35/h11-14,17-18,21,27,29H,9-10,15-16,19-20H2,1-8H3. The van der Waals surface area contributed by atoms with Crippen molar-refractivity contribution in [3.8, 4) is 5.75 Å². The number of carbonyl (C=O) groups is 3. The lowest BCUT2D eigenvalue weighted by Crippen LogP contribution is -2.36. The first kappa shape index (κ1) is 31.7. The molecule has 1 aliphatic heterocycles. The van der Waals surface area contributed by atoms with Gasteiger partial charge in [0.1, 0.15) is 5.75 Å². The predicted octanol–water partition coefficient (Wildman–Crippen LogP) is 7.32.